The summed E-state index contributed by atoms with van der Waals surface area (Å²) in [6.07, 6.45) is 0. The predicted molar refractivity (Wildman–Crippen MR) is 92.9 cm³/mol. The van der Waals surface area contributed by atoms with Crippen LogP contribution in [0.5, 0.6) is 0 Å². The van der Waals surface area contributed by atoms with Gasteiger partial charge in [-0.2, -0.15) is 4.98 Å². The van der Waals surface area contributed by atoms with Crippen LogP contribution < -0.4 is 5.32 Å². The molecule has 0 saturated carbocycles. The van der Waals surface area contributed by atoms with Gasteiger partial charge in [0.05, 0.1) is 9.62 Å². The van der Waals surface area contributed by atoms with Crippen LogP contribution in [0.25, 0.3) is 10.3 Å². The van der Waals surface area contributed by atoms with Gasteiger partial charge in [-0.05, 0) is 37.6 Å². The van der Waals surface area contributed by atoms with E-state index in [0.29, 0.717) is 10.8 Å². The number of thiazole rings is 1. The van der Waals surface area contributed by atoms with Crippen LogP contribution in [0.15, 0.2) is 24.3 Å². The highest BCUT2D eigenvalue weighted by atomic mass is 35.5. The van der Waals surface area contributed by atoms with Crippen LogP contribution in [0, 0.1) is 24.0 Å². The summed E-state index contributed by atoms with van der Waals surface area (Å²) in [6.45, 7) is 3.79. The third-order valence-electron chi connectivity index (χ3n) is 3.30. The second-order valence-electron chi connectivity index (χ2n) is 5.12. The third-order valence-corrected chi connectivity index (χ3v) is 4.63. The van der Waals surface area contributed by atoms with Crippen molar-refractivity contribution in [2.24, 2.45) is 0 Å². The maximum Gasteiger partial charge on any atom is 0.282 e. The SMILES string of the molecule is Cc1cc(C)c2sc(NC(=O)c3cc(Cl)ccc3[N+](=O)[O-])nc2n1. The molecule has 0 aliphatic rings. The number of fused-ring (bicyclic) bond motifs is 1. The summed E-state index contributed by atoms with van der Waals surface area (Å²) in [7, 11) is 0. The summed E-state index contributed by atoms with van der Waals surface area (Å²) >= 11 is 7.11. The van der Waals surface area contributed by atoms with E-state index >= 15 is 0 Å². The fourth-order valence-corrected chi connectivity index (χ4v) is 3.33. The highest BCUT2D eigenvalue weighted by molar-refractivity contribution is 7.22. The van der Waals surface area contributed by atoms with Crippen LogP contribution in [0.4, 0.5) is 10.8 Å². The van der Waals surface area contributed by atoms with Gasteiger partial charge in [-0.15, -0.1) is 0 Å². The lowest BCUT2D eigenvalue weighted by Crippen LogP contribution is -2.13. The lowest BCUT2D eigenvalue weighted by molar-refractivity contribution is -0.385. The number of carbonyl (C=O) groups excluding carboxylic acids is 1. The van der Waals surface area contributed by atoms with E-state index in [-0.39, 0.29) is 16.3 Å². The minimum absolute atomic E-state index is 0.118. The van der Waals surface area contributed by atoms with Crippen molar-refractivity contribution >= 4 is 50.0 Å². The summed E-state index contributed by atoms with van der Waals surface area (Å²) in [6, 6.07) is 5.75. The predicted octanol–water partition coefficient (Wildman–Crippen LogP) is 4.12. The number of rotatable bonds is 3. The molecule has 2 heterocycles. The van der Waals surface area contributed by atoms with Gasteiger partial charge in [0.15, 0.2) is 10.8 Å². The number of nitro benzene ring substituents is 1. The summed E-state index contributed by atoms with van der Waals surface area (Å²) in [4.78, 5) is 31.4. The van der Waals surface area contributed by atoms with Crippen LogP contribution >= 0.6 is 22.9 Å². The summed E-state index contributed by atoms with van der Waals surface area (Å²) in [5.74, 6) is -0.641. The Labute approximate surface area is 145 Å². The first-order valence-electron chi connectivity index (χ1n) is 6.85. The number of hydrogen-bond acceptors (Lipinski definition) is 6. The number of anilines is 1. The molecule has 2 aromatic heterocycles. The Hall–Kier alpha value is -2.58. The Morgan fingerprint density at radius 2 is 2.04 bits per heavy atom. The Kier molecular flexibility index (Phi) is 4.16. The summed E-state index contributed by atoms with van der Waals surface area (Å²) in [5, 5.41) is 14.2. The van der Waals surface area contributed by atoms with Crippen molar-refractivity contribution in [1.29, 1.82) is 0 Å². The Balaban J connectivity index is 1.97. The number of benzene rings is 1. The van der Waals surface area contributed by atoms with Gasteiger partial charge < -0.3 is 0 Å². The first-order chi connectivity index (χ1) is 11.3. The van der Waals surface area contributed by atoms with Crippen molar-refractivity contribution in [2.75, 3.05) is 5.32 Å². The Morgan fingerprint density at radius 3 is 2.75 bits per heavy atom. The van der Waals surface area contributed by atoms with E-state index < -0.39 is 10.8 Å². The second kappa shape index (κ2) is 6.14. The van der Waals surface area contributed by atoms with Crippen LogP contribution in [-0.2, 0) is 0 Å². The standard InChI is InChI=1S/C15H11ClN4O3S/c1-7-5-8(2)17-13-12(7)24-15(18-13)19-14(21)10-6-9(16)3-4-11(10)20(22)23/h3-6H,1-2H3,(H,17,18,19,21). The molecule has 0 bridgehead atoms. The zero-order chi connectivity index (χ0) is 17.4. The molecule has 0 radical (unpaired) electrons. The van der Waals surface area contributed by atoms with Gasteiger partial charge in [0.2, 0.25) is 0 Å². The third kappa shape index (κ3) is 3.06. The molecule has 0 aliphatic carbocycles. The number of amides is 1. The Morgan fingerprint density at radius 1 is 1.29 bits per heavy atom. The molecule has 7 nitrogen and oxygen atoms in total. The summed E-state index contributed by atoms with van der Waals surface area (Å²) in [5.41, 5.74) is 1.93. The van der Waals surface area contributed by atoms with Gasteiger partial charge in [0.1, 0.15) is 5.56 Å². The topological polar surface area (TPSA) is 98.0 Å². The van der Waals surface area contributed by atoms with E-state index in [0.717, 1.165) is 16.0 Å². The molecule has 0 spiro atoms. The van der Waals surface area contributed by atoms with Crippen molar-refractivity contribution < 1.29 is 9.72 Å². The zero-order valence-corrected chi connectivity index (χ0v) is 14.2. The van der Waals surface area contributed by atoms with Gasteiger partial charge in [-0.1, -0.05) is 22.9 Å². The number of hydrogen-bond donors (Lipinski definition) is 1. The molecular weight excluding hydrogens is 352 g/mol. The number of nitrogens with zero attached hydrogens (tertiary/aromatic N) is 3. The lowest BCUT2D eigenvalue weighted by atomic mass is 10.1. The van der Waals surface area contributed by atoms with Crippen LogP contribution in [0.3, 0.4) is 0 Å². The smallest absolute Gasteiger partial charge is 0.282 e. The van der Waals surface area contributed by atoms with Gasteiger partial charge in [0.25, 0.3) is 11.6 Å². The molecule has 3 rings (SSSR count). The number of pyridine rings is 1. The Bertz CT molecular complexity index is 986. The van der Waals surface area contributed by atoms with Gasteiger partial charge in [-0.25, -0.2) is 4.98 Å². The van der Waals surface area contributed by atoms with Gasteiger partial charge in [-0.3, -0.25) is 20.2 Å². The fraction of sp³-hybridized carbons (Fsp3) is 0.133. The molecule has 1 N–H and O–H groups in total. The molecule has 0 aliphatic heterocycles. The minimum Gasteiger partial charge on any atom is -0.298 e. The molecule has 1 aromatic carbocycles. The van der Waals surface area contributed by atoms with Crippen molar-refractivity contribution in [3.63, 3.8) is 0 Å². The number of nitro groups is 1. The van der Waals surface area contributed by atoms with Gasteiger partial charge in [0, 0.05) is 16.8 Å². The maximum absolute atomic E-state index is 12.4. The number of halogens is 1. The molecule has 0 fully saturated rings. The minimum atomic E-state index is -0.641. The van der Waals surface area contributed by atoms with E-state index in [1.807, 2.05) is 19.9 Å². The van der Waals surface area contributed by atoms with Crippen molar-refractivity contribution in [3.8, 4) is 0 Å². The van der Waals surface area contributed by atoms with Gasteiger partial charge >= 0.3 is 0 Å². The molecule has 0 atom stereocenters. The highest BCUT2D eigenvalue weighted by Gasteiger charge is 2.22. The molecule has 3 aromatic rings. The molecular formula is C15H11ClN4O3S. The molecule has 122 valence electrons. The van der Waals surface area contributed by atoms with Crippen molar-refractivity contribution in [1.82, 2.24) is 9.97 Å². The van der Waals surface area contributed by atoms with Crippen molar-refractivity contribution in [3.05, 3.63) is 56.2 Å². The van der Waals surface area contributed by atoms with E-state index in [9.17, 15) is 14.9 Å². The van der Waals surface area contributed by atoms with E-state index in [4.69, 9.17) is 11.6 Å². The molecule has 0 unspecified atom stereocenters. The van der Waals surface area contributed by atoms with E-state index in [1.165, 1.54) is 29.5 Å². The maximum atomic E-state index is 12.4. The quantitative estimate of drug-likeness (QED) is 0.558. The zero-order valence-electron chi connectivity index (χ0n) is 12.7. The van der Waals surface area contributed by atoms with Crippen LogP contribution in [0.2, 0.25) is 5.02 Å². The average Bonchev–Trinajstić information content (AvgIpc) is 2.89. The first kappa shape index (κ1) is 16.3. The molecule has 0 saturated heterocycles. The van der Waals surface area contributed by atoms with Crippen molar-refractivity contribution in [2.45, 2.75) is 13.8 Å². The van der Waals surface area contributed by atoms with E-state index in [2.05, 4.69) is 15.3 Å². The number of nitrogens with one attached hydrogen (secondary N) is 1. The second-order valence-corrected chi connectivity index (χ2v) is 6.56. The average molecular weight is 363 g/mol. The molecule has 1 amide bonds. The number of aromatic nitrogens is 2. The fourth-order valence-electron chi connectivity index (χ4n) is 2.29. The monoisotopic (exact) mass is 362 g/mol. The van der Waals surface area contributed by atoms with Crippen LogP contribution in [0.1, 0.15) is 21.6 Å². The highest BCUT2D eigenvalue weighted by Crippen LogP contribution is 2.29. The molecule has 24 heavy (non-hydrogen) atoms. The largest absolute Gasteiger partial charge is 0.298 e. The first-order valence-corrected chi connectivity index (χ1v) is 8.04. The number of aryl methyl sites for hydroxylation is 2. The van der Waals surface area contributed by atoms with Crippen LogP contribution in [-0.4, -0.2) is 20.8 Å². The normalized spacial score (nSPS) is 10.8. The lowest BCUT2D eigenvalue weighted by Gasteiger charge is -2.03. The number of carbonyl (C=O) groups is 1. The summed E-state index contributed by atoms with van der Waals surface area (Å²) < 4.78 is 0.858. The molecule has 9 heteroatoms. The van der Waals surface area contributed by atoms with E-state index in [1.54, 1.807) is 0 Å².